The Hall–Kier alpha value is -3.46. The van der Waals surface area contributed by atoms with Gasteiger partial charge in [-0.1, -0.05) is 11.6 Å². The summed E-state index contributed by atoms with van der Waals surface area (Å²) in [4.78, 5) is 40.9. The van der Waals surface area contributed by atoms with Crippen LogP contribution in [-0.2, 0) is 4.74 Å². The Morgan fingerprint density at radius 2 is 1.89 bits per heavy atom. The van der Waals surface area contributed by atoms with Gasteiger partial charge in [0.2, 0.25) is 0 Å². The van der Waals surface area contributed by atoms with Crippen molar-refractivity contribution in [2.45, 2.75) is 58.1 Å². The molecule has 2 fully saturated rings. The van der Waals surface area contributed by atoms with Crippen molar-refractivity contribution in [2.24, 2.45) is 5.92 Å². The molecule has 1 aliphatic carbocycles. The lowest BCUT2D eigenvalue weighted by molar-refractivity contribution is 0.0499. The molecule has 37 heavy (non-hydrogen) atoms. The number of anilines is 3. The number of hydrogen-bond acceptors (Lipinski definition) is 8. The van der Waals surface area contributed by atoms with Crippen LogP contribution in [0.2, 0.25) is 5.15 Å². The Bertz CT molecular complexity index is 1320. The Morgan fingerprint density at radius 3 is 2.59 bits per heavy atom. The number of fused-ring (bicyclic) bond motifs is 1. The van der Waals surface area contributed by atoms with Crippen LogP contribution in [0.5, 0.6) is 0 Å². The zero-order chi connectivity index (χ0) is 26.2. The van der Waals surface area contributed by atoms with Crippen LogP contribution in [0.3, 0.4) is 0 Å². The van der Waals surface area contributed by atoms with Gasteiger partial charge in [0.1, 0.15) is 22.1 Å². The van der Waals surface area contributed by atoms with Gasteiger partial charge in [-0.15, -0.1) is 0 Å². The molecule has 1 saturated heterocycles. The third kappa shape index (κ3) is 6.10. The molecular weight excluding hydrogens is 492 g/mol. The average Bonchev–Trinajstić information content (AvgIpc) is 3.69. The predicted octanol–water partition coefficient (Wildman–Crippen LogP) is 5.51. The van der Waals surface area contributed by atoms with Gasteiger partial charge in [0.15, 0.2) is 5.78 Å². The summed E-state index contributed by atoms with van der Waals surface area (Å²) < 4.78 is 5.40. The summed E-state index contributed by atoms with van der Waals surface area (Å²) in [5, 5.41) is 6.66. The van der Waals surface area contributed by atoms with Gasteiger partial charge in [-0.3, -0.25) is 9.78 Å². The maximum absolute atomic E-state index is 13.0. The lowest BCUT2D eigenvalue weighted by atomic mass is 10.1. The smallest absolute Gasteiger partial charge is 0.407 e. The molecule has 3 aromatic heterocycles. The van der Waals surface area contributed by atoms with E-state index in [1.54, 1.807) is 24.5 Å². The molecule has 1 saturated carbocycles. The van der Waals surface area contributed by atoms with Crippen molar-refractivity contribution >= 4 is 51.7 Å². The summed E-state index contributed by atoms with van der Waals surface area (Å²) in [6.45, 7) is 7.05. The first-order valence-electron chi connectivity index (χ1n) is 12.6. The van der Waals surface area contributed by atoms with E-state index in [1.807, 2.05) is 32.9 Å². The van der Waals surface area contributed by atoms with Gasteiger partial charge >= 0.3 is 6.09 Å². The van der Waals surface area contributed by atoms with Gasteiger partial charge in [0, 0.05) is 31.2 Å². The van der Waals surface area contributed by atoms with Crippen LogP contribution in [0, 0.1) is 5.92 Å². The van der Waals surface area contributed by atoms with Gasteiger partial charge < -0.3 is 20.3 Å². The fourth-order valence-electron chi connectivity index (χ4n) is 4.49. The van der Waals surface area contributed by atoms with Crippen molar-refractivity contribution < 1.29 is 14.3 Å². The number of ketones is 1. The number of nitrogens with one attached hydrogen (secondary N) is 2. The number of ether oxygens (including phenoxy) is 1. The second-order valence-electron chi connectivity index (χ2n) is 10.6. The molecule has 3 aromatic rings. The average molecular weight is 523 g/mol. The van der Waals surface area contributed by atoms with Crippen molar-refractivity contribution in [3.8, 4) is 0 Å². The van der Waals surface area contributed by atoms with Gasteiger partial charge in [0.05, 0.1) is 28.7 Å². The van der Waals surface area contributed by atoms with E-state index in [2.05, 4.69) is 30.5 Å². The highest BCUT2D eigenvalue weighted by atomic mass is 35.5. The van der Waals surface area contributed by atoms with E-state index in [-0.39, 0.29) is 17.7 Å². The second-order valence-corrected chi connectivity index (χ2v) is 11.0. The quantitative estimate of drug-likeness (QED) is 0.322. The fraction of sp³-hybridized carbons (Fsp3) is 0.444. The number of carbonyl (C=O) groups is 2. The summed E-state index contributed by atoms with van der Waals surface area (Å²) in [6.07, 6.45) is 6.57. The summed E-state index contributed by atoms with van der Waals surface area (Å²) in [5.74, 6) is 0.928. The number of amides is 1. The largest absolute Gasteiger partial charge is 0.444 e. The van der Waals surface area contributed by atoms with Gasteiger partial charge in [-0.2, -0.15) is 0 Å². The number of carbonyl (C=O) groups excluding carboxylic acids is 2. The van der Waals surface area contributed by atoms with Crippen molar-refractivity contribution in [3.63, 3.8) is 0 Å². The summed E-state index contributed by atoms with van der Waals surface area (Å²) in [7, 11) is 0. The van der Waals surface area contributed by atoms with Crippen LogP contribution < -0.4 is 15.5 Å². The topological polar surface area (TPSA) is 109 Å². The highest BCUT2D eigenvalue weighted by molar-refractivity contribution is 6.30. The number of halogens is 1. The molecular formula is C27H31ClN6O3. The molecule has 4 heterocycles. The third-order valence-electron chi connectivity index (χ3n) is 6.38. The number of alkyl carbamates (subject to hydrolysis) is 1. The molecule has 0 spiro atoms. The zero-order valence-corrected chi connectivity index (χ0v) is 22.0. The molecule has 0 unspecified atom stereocenters. The molecule has 1 atom stereocenters. The van der Waals surface area contributed by atoms with E-state index in [0.717, 1.165) is 43.7 Å². The van der Waals surface area contributed by atoms with Crippen LogP contribution in [-0.4, -0.2) is 51.6 Å². The summed E-state index contributed by atoms with van der Waals surface area (Å²) in [6, 6.07) is 7.32. The molecule has 0 aromatic carbocycles. The van der Waals surface area contributed by atoms with Crippen LogP contribution in [0.4, 0.5) is 22.0 Å². The molecule has 1 aliphatic heterocycles. The van der Waals surface area contributed by atoms with Crippen molar-refractivity contribution in [3.05, 3.63) is 47.4 Å². The van der Waals surface area contributed by atoms with E-state index >= 15 is 0 Å². The maximum atomic E-state index is 13.0. The Morgan fingerprint density at radius 1 is 1.08 bits per heavy atom. The minimum Gasteiger partial charge on any atom is -0.444 e. The number of Topliss-reactive ketones (excluding diaryl/α,β-unsaturated/α-hetero) is 1. The summed E-state index contributed by atoms with van der Waals surface area (Å²) >= 11 is 6.18. The first kappa shape index (κ1) is 25.2. The summed E-state index contributed by atoms with van der Waals surface area (Å²) in [5.41, 5.74) is 2.51. The maximum Gasteiger partial charge on any atom is 0.407 e. The molecule has 0 radical (unpaired) electrons. The molecule has 9 nitrogen and oxygen atoms in total. The molecule has 5 rings (SSSR count). The second kappa shape index (κ2) is 10.1. The first-order chi connectivity index (χ1) is 17.7. The Labute approximate surface area is 221 Å². The lowest BCUT2D eigenvalue weighted by Gasteiger charge is -2.34. The van der Waals surface area contributed by atoms with E-state index < -0.39 is 11.7 Å². The Balaban J connectivity index is 1.33. The highest BCUT2D eigenvalue weighted by Gasteiger charge is 2.33. The molecule has 2 aliphatic rings. The lowest BCUT2D eigenvalue weighted by Crippen LogP contribution is -2.49. The van der Waals surface area contributed by atoms with Gasteiger partial charge in [0.25, 0.3) is 0 Å². The van der Waals surface area contributed by atoms with Crippen LogP contribution in [0.1, 0.15) is 56.8 Å². The highest BCUT2D eigenvalue weighted by Crippen LogP contribution is 2.37. The SMILES string of the molecule is CC(C)(C)OC(=O)N[C@H]1CCCN(c2ccc(Nc3c(C(=O)C4CC4)cnc4ccc(Cl)nc34)cn2)C1. The van der Waals surface area contributed by atoms with Crippen LogP contribution in [0.15, 0.2) is 36.7 Å². The Kier molecular flexibility index (Phi) is 6.90. The van der Waals surface area contributed by atoms with Crippen molar-refractivity contribution in [2.75, 3.05) is 23.3 Å². The minimum absolute atomic E-state index is 0.0156. The van der Waals surface area contributed by atoms with E-state index in [1.165, 1.54) is 0 Å². The van der Waals surface area contributed by atoms with Crippen LogP contribution in [0.25, 0.3) is 11.0 Å². The molecule has 194 valence electrons. The first-order valence-corrected chi connectivity index (χ1v) is 13.0. The number of rotatable bonds is 6. The van der Waals surface area contributed by atoms with Gasteiger partial charge in [-0.25, -0.2) is 14.8 Å². The monoisotopic (exact) mass is 522 g/mol. The molecule has 1 amide bonds. The van der Waals surface area contributed by atoms with Crippen LogP contribution >= 0.6 is 11.6 Å². The van der Waals surface area contributed by atoms with Crippen molar-refractivity contribution in [1.29, 1.82) is 0 Å². The van der Waals surface area contributed by atoms with E-state index in [4.69, 9.17) is 16.3 Å². The minimum atomic E-state index is -0.535. The van der Waals surface area contributed by atoms with E-state index in [9.17, 15) is 9.59 Å². The molecule has 2 N–H and O–H groups in total. The number of aromatic nitrogens is 3. The fourth-order valence-corrected chi connectivity index (χ4v) is 4.64. The predicted molar refractivity (Wildman–Crippen MR) is 144 cm³/mol. The number of nitrogens with zero attached hydrogens (tertiary/aromatic N) is 4. The van der Waals surface area contributed by atoms with E-state index in [0.29, 0.717) is 34.0 Å². The van der Waals surface area contributed by atoms with Gasteiger partial charge in [-0.05, 0) is 70.7 Å². The number of hydrogen-bond donors (Lipinski definition) is 2. The zero-order valence-electron chi connectivity index (χ0n) is 21.3. The normalized spacial score (nSPS) is 17.9. The van der Waals surface area contributed by atoms with Crippen molar-refractivity contribution in [1.82, 2.24) is 20.3 Å². The number of pyridine rings is 3. The standard InChI is InChI=1S/C27H31ClN6O3/c1-27(2,3)37-26(36)32-18-5-4-12-34(15-18)22-11-8-17(13-30-22)31-23-19(25(35)16-6-7-16)14-29-20-9-10-21(28)33-24(20)23/h8-11,13-14,16,18H,4-7,12,15H2,1-3H3,(H,29,31)(H,32,36)/t18-/m0/s1. The molecule has 0 bridgehead atoms. The third-order valence-corrected chi connectivity index (χ3v) is 6.59. The number of piperidine rings is 1. The molecule has 10 heteroatoms.